The average Bonchev–Trinajstić information content (AvgIpc) is 3.44. The first kappa shape index (κ1) is 22.8. The Balaban J connectivity index is 1.58. The maximum atomic E-state index is 6.49. The van der Waals surface area contributed by atoms with Gasteiger partial charge in [0, 0.05) is 21.9 Å². The Morgan fingerprint density at radius 1 is 1.03 bits per heavy atom. The Morgan fingerprint density at radius 3 is 2.50 bits per heavy atom. The molecule has 1 fully saturated rings. The van der Waals surface area contributed by atoms with Crippen molar-refractivity contribution in [2.75, 3.05) is 4.90 Å². The first-order chi connectivity index (χ1) is 16.4. The van der Waals surface area contributed by atoms with E-state index in [4.69, 9.17) is 16.6 Å². The summed E-state index contributed by atoms with van der Waals surface area (Å²) in [7, 11) is 0. The molecule has 0 radical (unpaired) electrons. The summed E-state index contributed by atoms with van der Waals surface area (Å²) in [6.45, 7) is 6.47. The fourth-order valence-corrected chi connectivity index (χ4v) is 5.45. The number of hydrogen-bond donors (Lipinski definition) is 1. The molecule has 0 aliphatic carbocycles. The minimum absolute atomic E-state index is 0.140. The van der Waals surface area contributed by atoms with Gasteiger partial charge in [-0.25, -0.2) is 0 Å². The third-order valence-electron chi connectivity index (χ3n) is 6.24. The average molecular weight is 533 g/mol. The van der Waals surface area contributed by atoms with Crippen LogP contribution in [0.25, 0.3) is 11.3 Å². The van der Waals surface area contributed by atoms with Gasteiger partial charge >= 0.3 is 0 Å². The van der Waals surface area contributed by atoms with E-state index in [1.54, 1.807) is 0 Å². The number of nitrogens with one attached hydrogen (secondary N) is 1. The zero-order chi connectivity index (χ0) is 23.8. The van der Waals surface area contributed by atoms with E-state index in [0.717, 1.165) is 32.9 Å². The summed E-state index contributed by atoms with van der Waals surface area (Å²) < 4.78 is 7.50. The molecule has 2 atom stereocenters. The van der Waals surface area contributed by atoms with Crippen molar-refractivity contribution in [2.45, 2.75) is 38.8 Å². The summed E-state index contributed by atoms with van der Waals surface area (Å²) in [4.78, 5) is 6.77. The van der Waals surface area contributed by atoms with Crippen LogP contribution in [-0.4, -0.2) is 10.1 Å². The Morgan fingerprint density at radius 2 is 1.82 bits per heavy atom. The van der Waals surface area contributed by atoms with E-state index in [9.17, 15) is 0 Å². The molecule has 0 amide bonds. The lowest BCUT2D eigenvalue weighted by Gasteiger charge is -2.26. The molecular weight excluding hydrogens is 506 g/mol. The van der Waals surface area contributed by atoms with E-state index >= 15 is 0 Å². The van der Waals surface area contributed by atoms with Gasteiger partial charge in [-0.1, -0.05) is 54.0 Å². The van der Waals surface area contributed by atoms with Crippen LogP contribution in [0.1, 0.15) is 54.4 Å². The molecule has 0 spiro atoms. The summed E-state index contributed by atoms with van der Waals surface area (Å²) in [6, 6.07) is 24.6. The van der Waals surface area contributed by atoms with Gasteiger partial charge in [0.2, 0.25) is 0 Å². The van der Waals surface area contributed by atoms with Gasteiger partial charge in [-0.2, -0.15) is 0 Å². The number of aromatic nitrogens is 1. The van der Waals surface area contributed by atoms with Gasteiger partial charge in [-0.05, 0) is 84.7 Å². The van der Waals surface area contributed by atoms with Crippen LogP contribution in [0.4, 0.5) is 5.69 Å². The molecule has 5 rings (SSSR count). The second kappa shape index (κ2) is 9.35. The van der Waals surface area contributed by atoms with Crippen molar-refractivity contribution in [3.63, 3.8) is 0 Å². The van der Waals surface area contributed by atoms with E-state index in [1.807, 2.05) is 36.5 Å². The van der Waals surface area contributed by atoms with E-state index in [-0.39, 0.29) is 12.1 Å². The number of nitrogens with zero attached hydrogens (tertiary/aromatic N) is 2. The summed E-state index contributed by atoms with van der Waals surface area (Å²) >= 11 is 9.52. The SMILES string of the molecule is Cc1ccc(-c2ccc(C3C(c4ccccn4)NC(=S)N3c3ccc(C(C)C)cc3)o2)c(Br)c1. The normalized spacial score (nSPS) is 17.9. The van der Waals surface area contributed by atoms with Gasteiger partial charge in [0.25, 0.3) is 0 Å². The number of pyridine rings is 1. The van der Waals surface area contributed by atoms with Crippen molar-refractivity contribution in [3.05, 3.63) is 106 Å². The van der Waals surface area contributed by atoms with E-state index in [1.165, 1.54) is 11.1 Å². The van der Waals surface area contributed by atoms with Crippen LogP contribution in [-0.2, 0) is 0 Å². The number of aryl methyl sites for hydroxylation is 1. The summed E-state index contributed by atoms with van der Waals surface area (Å²) in [5.74, 6) is 2.11. The van der Waals surface area contributed by atoms with Gasteiger partial charge in [0.1, 0.15) is 17.6 Å². The molecule has 34 heavy (non-hydrogen) atoms. The van der Waals surface area contributed by atoms with Crippen molar-refractivity contribution in [1.29, 1.82) is 0 Å². The van der Waals surface area contributed by atoms with Crippen LogP contribution in [0.3, 0.4) is 0 Å². The molecule has 1 saturated heterocycles. The van der Waals surface area contributed by atoms with Crippen LogP contribution in [0.5, 0.6) is 0 Å². The molecule has 1 aliphatic rings. The van der Waals surface area contributed by atoms with Crippen LogP contribution in [0.2, 0.25) is 0 Å². The summed E-state index contributed by atoms with van der Waals surface area (Å²) in [6.07, 6.45) is 1.81. The molecule has 0 bridgehead atoms. The predicted octanol–water partition coefficient (Wildman–Crippen LogP) is 7.71. The minimum Gasteiger partial charge on any atom is -0.459 e. The Kier molecular flexibility index (Phi) is 6.28. The number of halogens is 1. The topological polar surface area (TPSA) is 41.3 Å². The highest BCUT2D eigenvalue weighted by molar-refractivity contribution is 9.10. The van der Waals surface area contributed by atoms with Crippen molar-refractivity contribution in [2.24, 2.45) is 0 Å². The first-order valence-electron chi connectivity index (χ1n) is 11.4. The standard InChI is InChI=1S/C28H26BrN3OS/c1-17(2)19-8-10-20(11-9-19)32-27(26(31-28(32)34)23-6-4-5-15-30-23)25-14-13-24(33-25)21-12-7-18(3)16-22(21)29/h4-17,26-27H,1-3H3,(H,31,34). The van der Waals surface area contributed by atoms with Crippen LogP contribution in [0, 0.1) is 6.92 Å². The molecular formula is C28H26BrN3OS. The molecule has 1 N–H and O–H groups in total. The van der Waals surface area contributed by atoms with Crippen molar-refractivity contribution >= 4 is 38.9 Å². The van der Waals surface area contributed by atoms with Crippen LogP contribution < -0.4 is 10.2 Å². The zero-order valence-corrected chi connectivity index (χ0v) is 21.7. The number of thiocarbonyl (C=S) groups is 1. The molecule has 1 aliphatic heterocycles. The first-order valence-corrected chi connectivity index (χ1v) is 12.6. The smallest absolute Gasteiger partial charge is 0.174 e. The Labute approximate surface area is 214 Å². The van der Waals surface area contributed by atoms with Gasteiger partial charge in [0.15, 0.2) is 5.11 Å². The molecule has 172 valence electrons. The quantitative estimate of drug-likeness (QED) is 0.267. The molecule has 2 aromatic carbocycles. The summed E-state index contributed by atoms with van der Waals surface area (Å²) in [5.41, 5.74) is 5.46. The second-order valence-corrected chi connectivity index (χ2v) is 10.2. The van der Waals surface area contributed by atoms with Crippen molar-refractivity contribution in [1.82, 2.24) is 10.3 Å². The molecule has 4 aromatic rings. The minimum atomic E-state index is -0.176. The molecule has 2 aromatic heterocycles. The lowest BCUT2D eigenvalue weighted by molar-refractivity contribution is 0.439. The fraction of sp³-hybridized carbons (Fsp3) is 0.214. The monoisotopic (exact) mass is 531 g/mol. The number of benzene rings is 2. The zero-order valence-electron chi connectivity index (χ0n) is 19.3. The molecule has 6 heteroatoms. The molecule has 4 nitrogen and oxygen atoms in total. The van der Waals surface area contributed by atoms with Gasteiger partial charge in [0.05, 0.1) is 11.7 Å². The maximum Gasteiger partial charge on any atom is 0.174 e. The lowest BCUT2D eigenvalue weighted by atomic mass is 10.0. The number of furan rings is 1. The second-order valence-electron chi connectivity index (χ2n) is 8.93. The fourth-order valence-electron chi connectivity index (χ4n) is 4.42. The van der Waals surface area contributed by atoms with E-state index < -0.39 is 0 Å². The lowest BCUT2D eigenvalue weighted by Crippen LogP contribution is -2.29. The Hall–Kier alpha value is -2.96. The van der Waals surface area contributed by atoms with E-state index in [0.29, 0.717) is 11.0 Å². The van der Waals surface area contributed by atoms with Gasteiger partial charge in [-0.15, -0.1) is 0 Å². The largest absolute Gasteiger partial charge is 0.459 e. The van der Waals surface area contributed by atoms with Gasteiger partial charge in [-0.3, -0.25) is 4.98 Å². The highest BCUT2D eigenvalue weighted by Gasteiger charge is 2.42. The van der Waals surface area contributed by atoms with Crippen LogP contribution in [0.15, 0.2) is 87.9 Å². The highest BCUT2D eigenvalue weighted by atomic mass is 79.9. The third-order valence-corrected chi connectivity index (χ3v) is 7.21. The molecule has 2 unspecified atom stereocenters. The van der Waals surface area contributed by atoms with Crippen LogP contribution >= 0.6 is 28.1 Å². The van der Waals surface area contributed by atoms with E-state index in [2.05, 4.69) is 94.4 Å². The van der Waals surface area contributed by atoms with Crippen molar-refractivity contribution in [3.8, 4) is 11.3 Å². The summed E-state index contributed by atoms with van der Waals surface area (Å²) in [5, 5.41) is 4.16. The number of anilines is 1. The highest BCUT2D eigenvalue weighted by Crippen LogP contribution is 2.43. The Bertz CT molecular complexity index is 1320. The van der Waals surface area contributed by atoms with Gasteiger partial charge < -0.3 is 14.6 Å². The number of hydrogen-bond acceptors (Lipinski definition) is 3. The molecule has 3 heterocycles. The van der Waals surface area contributed by atoms with Crippen molar-refractivity contribution < 1.29 is 4.42 Å². The maximum absolute atomic E-state index is 6.49. The predicted molar refractivity (Wildman–Crippen MR) is 145 cm³/mol. The molecule has 0 saturated carbocycles. The third kappa shape index (κ3) is 4.28. The number of rotatable bonds is 5.